The lowest BCUT2D eigenvalue weighted by atomic mass is 10.1. The number of amides is 1. The molecule has 168 valence electrons. The maximum atomic E-state index is 14.1. The zero-order valence-corrected chi connectivity index (χ0v) is 19.0. The Hall–Kier alpha value is -3.24. The second-order valence-electron chi connectivity index (χ2n) is 6.56. The molecule has 1 amide bonds. The minimum absolute atomic E-state index is 0.232. The van der Waals surface area contributed by atoms with Gasteiger partial charge in [0.25, 0.3) is 0 Å². The molecule has 0 radical (unpaired) electrons. The van der Waals surface area contributed by atoms with Crippen LogP contribution in [0.4, 0.5) is 9.18 Å². The third kappa shape index (κ3) is 5.71. The average molecular weight is 480 g/mol. The number of hydroxylamine groups is 2. The molecule has 32 heavy (non-hydrogen) atoms. The molecule has 1 aromatic carbocycles. The first kappa shape index (κ1) is 23.4. The smallest absolute Gasteiger partial charge is 0.446 e. The number of aromatic nitrogens is 2. The third-order valence-corrected chi connectivity index (χ3v) is 5.48. The summed E-state index contributed by atoms with van der Waals surface area (Å²) in [5.74, 6) is -0.687. The van der Waals surface area contributed by atoms with Crippen LogP contribution in [0.5, 0.6) is 5.75 Å². The third-order valence-electron chi connectivity index (χ3n) is 4.22. The van der Waals surface area contributed by atoms with Crippen LogP contribution in [0.3, 0.4) is 0 Å². The number of carbonyl (C=O) groups excluding carboxylic acids is 2. The lowest BCUT2D eigenvalue weighted by molar-refractivity contribution is -0.159. The fourth-order valence-electron chi connectivity index (χ4n) is 2.60. The molecule has 0 aliphatic carbocycles. The second-order valence-corrected chi connectivity index (χ2v) is 7.83. The topological polar surface area (TPSA) is 90.8 Å². The quantitative estimate of drug-likeness (QED) is 0.273. The molecule has 2 heterocycles. The summed E-state index contributed by atoms with van der Waals surface area (Å²) < 4.78 is 23.6. The number of esters is 1. The highest BCUT2D eigenvalue weighted by Crippen LogP contribution is 2.29. The van der Waals surface area contributed by atoms with Crippen molar-refractivity contribution in [1.29, 1.82) is 0 Å². The molecule has 0 spiro atoms. The van der Waals surface area contributed by atoms with E-state index in [-0.39, 0.29) is 6.42 Å². The number of pyridine rings is 1. The molecule has 11 heteroatoms. The van der Waals surface area contributed by atoms with Gasteiger partial charge in [-0.05, 0) is 19.1 Å². The van der Waals surface area contributed by atoms with E-state index in [9.17, 15) is 14.0 Å². The van der Waals surface area contributed by atoms with Crippen molar-refractivity contribution < 1.29 is 28.3 Å². The number of hydrogen-bond acceptors (Lipinski definition) is 8. The lowest BCUT2D eigenvalue weighted by Gasteiger charge is -2.21. The lowest BCUT2D eigenvalue weighted by Crippen LogP contribution is -2.37. The largest absolute Gasteiger partial charge is 0.451 e. The first-order valence-electron chi connectivity index (χ1n) is 9.29. The zero-order valence-electron chi connectivity index (χ0n) is 17.4. The molecule has 0 unspecified atom stereocenters. The Morgan fingerprint density at radius 2 is 2.09 bits per heavy atom. The van der Waals surface area contributed by atoms with Crippen LogP contribution in [-0.2, 0) is 20.7 Å². The van der Waals surface area contributed by atoms with Crippen LogP contribution < -0.4 is 4.84 Å². The molecule has 0 fully saturated rings. The number of carbonyl (C=O) groups is 2. The summed E-state index contributed by atoms with van der Waals surface area (Å²) >= 11 is 7.43. The molecule has 3 aromatic rings. The molecular formula is C21H19ClFN3O5S. The summed E-state index contributed by atoms with van der Waals surface area (Å²) in [6.45, 7) is 2.49. The van der Waals surface area contributed by atoms with Gasteiger partial charge in [0.05, 0.1) is 12.8 Å². The fraction of sp³-hybridized carbons (Fsp3) is 0.238. The molecule has 8 nitrogen and oxygen atoms in total. The van der Waals surface area contributed by atoms with Gasteiger partial charge < -0.3 is 14.3 Å². The monoisotopic (exact) mass is 479 g/mol. The van der Waals surface area contributed by atoms with E-state index < -0.39 is 24.6 Å². The summed E-state index contributed by atoms with van der Waals surface area (Å²) in [7, 11) is 1.18. The summed E-state index contributed by atoms with van der Waals surface area (Å²) in [5.41, 5.74) is 2.11. The highest BCUT2D eigenvalue weighted by atomic mass is 35.5. The van der Waals surface area contributed by atoms with Crippen LogP contribution in [0.15, 0.2) is 35.8 Å². The van der Waals surface area contributed by atoms with E-state index in [2.05, 4.69) is 14.7 Å². The summed E-state index contributed by atoms with van der Waals surface area (Å²) in [5, 5.41) is 3.46. The summed E-state index contributed by atoms with van der Waals surface area (Å²) in [6, 6.07) is 6.12. The molecule has 3 rings (SSSR count). The van der Waals surface area contributed by atoms with Crippen molar-refractivity contribution in [2.24, 2.45) is 0 Å². The van der Waals surface area contributed by atoms with E-state index in [1.807, 2.05) is 0 Å². The molecule has 2 aromatic heterocycles. The van der Waals surface area contributed by atoms with Crippen LogP contribution in [0.2, 0.25) is 5.02 Å². The predicted octanol–water partition coefficient (Wildman–Crippen LogP) is 4.78. The first-order valence-corrected chi connectivity index (χ1v) is 10.6. The molecule has 0 atom stereocenters. The Labute approximate surface area is 192 Å². The van der Waals surface area contributed by atoms with Crippen LogP contribution in [-0.4, -0.2) is 40.9 Å². The van der Waals surface area contributed by atoms with Crippen molar-refractivity contribution in [3.63, 3.8) is 0 Å². The molecular weight excluding hydrogens is 461 g/mol. The number of hydrogen-bond donors (Lipinski definition) is 0. The first-order chi connectivity index (χ1) is 15.3. The van der Waals surface area contributed by atoms with Crippen molar-refractivity contribution in [3.05, 3.63) is 63.5 Å². The normalized spacial score (nSPS) is 10.5. The number of methoxy groups -OCH3 is 1. The van der Waals surface area contributed by atoms with Crippen molar-refractivity contribution >= 4 is 35.0 Å². The van der Waals surface area contributed by atoms with E-state index in [1.165, 1.54) is 31.4 Å². The maximum Gasteiger partial charge on any atom is 0.446 e. The zero-order chi connectivity index (χ0) is 23.3. The van der Waals surface area contributed by atoms with Crippen LogP contribution >= 0.6 is 22.9 Å². The van der Waals surface area contributed by atoms with E-state index in [0.29, 0.717) is 38.3 Å². The standard InChI is InChI=1S/C21H19ClFN3O5S/c1-12-9-24-18(8-19(12)31-26(21(28)29-3)11-30-13(2)27)20-25-14(10-32-20)7-15-16(22)5-4-6-17(15)23/h4-6,8-10H,7,11H2,1-3H3. The van der Waals surface area contributed by atoms with E-state index in [1.54, 1.807) is 36.7 Å². The van der Waals surface area contributed by atoms with Crippen LogP contribution in [0.25, 0.3) is 10.7 Å². The van der Waals surface area contributed by atoms with Gasteiger partial charge in [-0.3, -0.25) is 9.78 Å². The highest BCUT2D eigenvalue weighted by Gasteiger charge is 2.20. The summed E-state index contributed by atoms with van der Waals surface area (Å²) in [6.07, 6.45) is 0.943. The number of rotatable bonds is 7. The Morgan fingerprint density at radius 3 is 2.78 bits per heavy atom. The fourth-order valence-corrected chi connectivity index (χ4v) is 3.61. The van der Waals surface area contributed by atoms with E-state index in [4.69, 9.17) is 21.2 Å². The van der Waals surface area contributed by atoms with Crippen molar-refractivity contribution in [2.45, 2.75) is 20.3 Å². The predicted molar refractivity (Wildman–Crippen MR) is 116 cm³/mol. The van der Waals surface area contributed by atoms with Gasteiger partial charge in [0, 0.05) is 47.1 Å². The van der Waals surface area contributed by atoms with Gasteiger partial charge in [0.2, 0.25) is 6.73 Å². The molecule has 0 saturated heterocycles. The highest BCUT2D eigenvalue weighted by molar-refractivity contribution is 7.13. The van der Waals surface area contributed by atoms with Gasteiger partial charge in [-0.1, -0.05) is 17.7 Å². The number of aryl methyl sites for hydroxylation is 1. The number of halogens is 2. The molecule has 0 aliphatic heterocycles. The summed E-state index contributed by atoms with van der Waals surface area (Å²) in [4.78, 5) is 37.5. The molecule has 0 N–H and O–H groups in total. The van der Waals surface area contributed by atoms with Gasteiger partial charge in [0.1, 0.15) is 16.5 Å². The van der Waals surface area contributed by atoms with Crippen molar-refractivity contribution in [2.75, 3.05) is 13.8 Å². The molecule has 0 saturated carbocycles. The SMILES string of the molecule is COC(=O)N(COC(C)=O)Oc1cc(-c2nc(Cc3c(F)cccc3Cl)cs2)ncc1C. The van der Waals surface area contributed by atoms with Gasteiger partial charge in [0.15, 0.2) is 5.75 Å². The van der Waals surface area contributed by atoms with E-state index in [0.717, 1.165) is 5.06 Å². The van der Waals surface area contributed by atoms with Crippen molar-refractivity contribution in [1.82, 2.24) is 15.0 Å². The number of nitrogens with zero attached hydrogens (tertiary/aromatic N) is 3. The minimum Gasteiger partial charge on any atom is -0.451 e. The molecule has 0 aliphatic rings. The number of thiazole rings is 1. The van der Waals surface area contributed by atoms with Crippen LogP contribution in [0, 0.1) is 12.7 Å². The molecule has 0 bridgehead atoms. The second kappa shape index (κ2) is 10.4. The Morgan fingerprint density at radius 1 is 1.31 bits per heavy atom. The Balaban J connectivity index is 1.82. The van der Waals surface area contributed by atoms with Crippen molar-refractivity contribution in [3.8, 4) is 16.5 Å². The maximum absolute atomic E-state index is 14.1. The van der Waals surface area contributed by atoms with E-state index >= 15 is 0 Å². The number of ether oxygens (including phenoxy) is 2. The van der Waals surface area contributed by atoms with Gasteiger partial charge in [-0.25, -0.2) is 14.2 Å². The minimum atomic E-state index is -0.845. The van der Waals surface area contributed by atoms with Gasteiger partial charge >= 0.3 is 12.1 Å². The average Bonchev–Trinajstić information content (AvgIpc) is 3.23. The van der Waals surface area contributed by atoms with Gasteiger partial charge in [-0.2, -0.15) is 0 Å². The van der Waals surface area contributed by atoms with Gasteiger partial charge in [-0.15, -0.1) is 16.4 Å². The Bertz CT molecular complexity index is 1120. The van der Waals surface area contributed by atoms with Crippen LogP contribution in [0.1, 0.15) is 23.7 Å². The Kier molecular flexibility index (Phi) is 7.60. The number of benzene rings is 1.